The number of amides is 1. The summed E-state index contributed by atoms with van der Waals surface area (Å²) in [5.74, 6) is -0.579. The highest BCUT2D eigenvalue weighted by Crippen LogP contribution is 2.26. The van der Waals surface area contributed by atoms with E-state index < -0.39 is 5.79 Å². The van der Waals surface area contributed by atoms with Gasteiger partial charge < -0.3 is 14.8 Å². The molecule has 7 heteroatoms. The monoisotopic (exact) mass is 345 g/mol. The zero-order chi connectivity index (χ0) is 17.9. The Hall–Kier alpha value is -2.25. The van der Waals surface area contributed by atoms with Gasteiger partial charge in [0.05, 0.1) is 30.4 Å². The highest BCUT2D eigenvalue weighted by Gasteiger charge is 2.32. The summed E-state index contributed by atoms with van der Waals surface area (Å²) < 4.78 is 12.6. The zero-order valence-corrected chi connectivity index (χ0v) is 14.5. The van der Waals surface area contributed by atoms with Gasteiger partial charge >= 0.3 is 0 Å². The van der Waals surface area contributed by atoms with Gasteiger partial charge in [0.25, 0.3) is 5.56 Å². The Morgan fingerprint density at radius 1 is 1.36 bits per heavy atom. The van der Waals surface area contributed by atoms with Crippen LogP contribution in [0.2, 0.25) is 0 Å². The van der Waals surface area contributed by atoms with E-state index in [2.05, 4.69) is 10.3 Å². The maximum absolute atomic E-state index is 12.3. The quantitative estimate of drug-likeness (QED) is 0.853. The molecule has 1 N–H and O–H groups in total. The van der Waals surface area contributed by atoms with Gasteiger partial charge in [-0.05, 0) is 25.0 Å². The summed E-state index contributed by atoms with van der Waals surface area (Å²) in [6, 6.07) is 7.27. The third kappa shape index (κ3) is 4.24. The molecule has 0 saturated carbocycles. The molecule has 2 aromatic rings. The molecule has 7 nitrogen and oxygen atoms in total. The van der Waals surface area contributed by atoms with Crippen molar-refractivity contribution in [3.63, 3.8) is 0 Å². The summed E-state index contributed by atoms with van der Waals surface area (Å²) in [7, 11) is 0. The number of benzene rings is 1. The fourth-order valence-electron chi connectivity index (χ4n) is 3.15. The van der Waals surface area contributed by atoms with E-state index in [9.17, 15) is 9.59 Å². The van der Waals surface area contributed by atoms with Gasteiger partial charge in [0.1, 0.15) is 6.54 Å². The van der Waals surface area contributed by atoms with Crippen LogP contribution in [0.4, 0.5) is 0 Å². The van der Waals surface area contributed by atoms with Crippen molar-refractivity contribution >= 4 is 16.9 Å². The summed E-state index contributed by atoms with van der Waals surface area (Å²) in [4.78, 5) is 28.4. The fraction of sp³-hybridized carbons (Fsp3) is 0.500. The first-order valence-electron chi connectivity index (χ1n) is 8.46. The molecule has 2 heterocycles. The van der Waals surface area contributed by atoms with Crippen molar-refractivity contribution in [3.8, 4) is 0 Å². The lowest BCUT2D eigenvalue weighted by Crippen LogP contribution is -2.37. The van der Waals surface area contributed by atoms with Gasteiger partial charge in [0, 0.05) is 13.0 Å². The molecule has 0 aliphatic carbocycles. The number of carbonyl (C=O) groups excluding carboxylic acids is 1. The zero-order valence-electron chi connectivity index (χ0n) is 14.5. The van der Waals surface area contributed by atoms with Crippen LogP contribution in [0.1, 0.15) is 20.3 Å². The molecule has 0 bridgehead atoms. The number of hydrogen-bond acceptors (Lipinski definition) is 5. The van der Waals surface area contributed by atoms with E-state index in [0.29, 0.717) is 37.2 Å². The third-order valence-electron chi connectivity index (χ3n) is 4.32. The van der Waals surface area contributed by atoms with Gasteiger partial charge in [-0.15, -0.1) is 0 Å². The standard InChI is InChI=1S/C18H23N3O4/c1-13(9-18(2)24-7-8-25-18)10-20-16(22)12-21-15-6-4-3-5-14(15)19-11-17(21)23/h3-6,11,13H,7-10,12H2,1-2H3,(H,20,22)/t13-/m1/s1. The molecule has 1 fully saturated rings. The topological polar surface area (TPSA) is 82.5 Å². The molecule has 3 rings (SSSR count). The normalized spacial score (nSPS) is 17.5. The molecular weight excluding hydrogens is 322 g/mol. The van der Waals surface area contributed by atoms with E-state index >= 15 is 0 Å². The maximum Gasteiger partial charge on any atom is 0.269 e. The Morgan fingerprint density at radius 2 is 2.08 bits per heavy atom. The van der Waals surface area contributed by atoms with E-state index in [-0.39, 0.29) is 23.9 Å². The Bertz CT molecular complexity index is 811. The number of aromatic nitrogens is 2. The predicted octanol–water partition coefficient (Wildman–Crippen LogP) is 1.30. The Kier molecular flexibility index (Phi) is 5.15. The molecule has 1 atom stereocenters. The molecule has 134 valence electrons. The Morgan fingerprint density at radius 3 is 2.84 bits per heavy atom. The molecule has 25 heavy (non-hydrogen) atoms. The van der Waals surface area contributed by atoms with Crippen LogP contribution in [0.25, 0.3) is 11.0 Å². The van der Waals surface area contributed by atoms with Gasteiger partial charge in [-0.2, -0.15) is 0 Å². The number of hydrogen-bond donors (Lipinski definition) is 1. The Balaban J connectivity index is 1.60. The minimum absolute atomic E-state index is 0.0289. The summed E-state index contributed by atoms with van der Waals surface area (Å²) >= 11 is 0. The van der Waals surface area contributed by atoms with Crippen LogP contribution in [0.3, 0.4) is 0 Å². The van der Waals surface area contributed by atoms with Crippen LogP contribution < -0.4 is 10.9 Å². The van der Waals surface area contributed by atoms with E-state index in [1.807, 2.05) is 32.0 Å². The van der Waals surface area contributed by atoms with Gasteiger partial charge in [-0.25, -0.2) is 4.98 Å². The molecule has 1 aliphatic heterocycles. The van der Waals surface area contributed by atoms with Gasteiger partial charge in [-0.1, -0.05) is 19.1 Å². The SMILES string of the molecule is C[C@@H](CNC(=O)Cn1c(=O)cnc2ccccc21)CC1(C)OCCO1. The van der Waals surface area contributed by atoms with Gasteiger partial charge in [0.15, 0.2) is 5.79 Å². The largest absolute Gasteiger partial charge is 0.354 e. The third-order valence-corrected chi connectivity index (χ3v) is 4.32. The summed E-state index contributed by atoms with van der Waals surface area (Å²) in [6.45, 7) is 5.63. The van der Waals surface area contributed by atoms with Crippen molar-refractivity contribution in [2.75, 3.05) is 19.8 Å². The van der Waals surface area contributed by atoms with E-state index in [4.69, 9.17) is 9.47 Å². The highest BCUT2D eigenvalue weighted by molar-refractivity contribution is 5.79. The van der Waals surface area contributed by atoms with Crippen molar-refractivity contribution in [2.24, 2.45) is 5.92 Å². The van der Waals surface area contributed by atoms with Crippen molar-refractivity contribution in [3.05, 3.63) is 40.8 Å². The molecule has 1 amide bonds. The smallest absolute Gasteiger partial charge is 0.269 e. The van der Waals surface area contributed by atoms with Gasteiger partial charge in [0.2, 0.25) is 5.91 Å². The van der Waals surface area contributed by atoms with E-state index in [1.54, 1.807) is 6.07 Å². The number of ether oxygens (including phenoxy) is 2. The molecule has 1 aromatic carbocycles. The first kappa shape index (κ1) is 17.6. The predicted molar refractivity (Wildman–Crippen MR) is 93.1 cm³/mol. The van der Waals surface area contributed by atoms with E-state index in [0.717, 1.165) is 0 Å². The lowest BCUT2D eigenvalue weighted by Gasteiger charge is -2.26. The molecule has 1 aromatic heterocycles. The second-order valence-corrected chi connectivity index (χ2v) is 6.62. The van der Waals surface area contributed by atoms with Crippen LogP contribution >= 0.6 is 0 Å². The first-order valence-corrected chi connectivity index (χ1v) is 8.46. The van der Waals surface area contributed by atoms with Crippen LogP contribution in [0, 0.1) is 5.92 Å². The molecule has 1 aliphatic rings. The molecular formula is C18H23N3O4. The number of fused-ring (bicyclic) bond motifs is 1. The van der Waals surface area contributed by atoms with Crippen LogP contribution in [-0.2, 0) is 20.8 Å². The van der Waals surface area contributed by atoms with Crippen molar-refractivity contribution in [2.45, 2.75) is 32.6 Å². The summed E-state index contributed by atoms with van der Waals surface area (Å²) in [5.41, 5.74) is 1.05. The minimum Gasteiger partial charge on any atom is -0.354 e. The Labute approximate surface area is 146 Å². The molecule has 0 radical (unpaired) electrons. The lowest BCUT2D eigenvalue weighted by molar-refractivity contribution is -0.154. The average Bonchev–Trinajstić information content (AvgIpc) is 3.01. The molecule has 0 unspecified atom stereocenters. The summed E-state index contributed by atoms with van der Waals surface area (Å²) in [5, 5.41) is 2.88. The number of carbonyl (C=O) groups is 1. The molecule has 1 saturated heterocycles. The van der Waals surface area contributed by atoms with Gasteiger partial charge in [-0.3, -0.25) is 14.2 Å². The van der Waals surface area contributed by atoms with Crippen LogP contribution in [0.15, 0.2) is 35.3 Å². The van der Waals surface area contributed by atoms with Crippen LogP contribution in [-0.4, -0.2) is 41.0 Å². The van der Waals surface area contributed by atoms with Crippen molar-refractivity contribution < 1.29 is 14.3 Å². The fourth-order valence-corrected chi connectivity index (χ4v) is 3.15. The number of nitrogens with zero attached hydrogens (tertiary/aromatic N) is 2. The number of nitrogens with one attached hydrogen (secondary N) is 1. The summed E-state index contributed by atoms with van der Waals surface area (Å²) in [6.07, 6.45) is 1.94. The highest BCUT2D eigenvalue weighted by atomic mass is 16.7. The van der Waals surface area contributed by atoms with E-state index in [1.165, 1.54) is 10.8 Å². The number of rotatable bonds is 6. The van der Waals surface area contributed by atoms with Crippen molar-refractivity contribution in [1.82, 2.24) is 14.9 Å². The maximum atomic E-state index is 12.3. The van der Waals surface area contributed by atoms with Crippen LogP contribution in [0.5, 0.6) is 0 Å². The molecule has 0 spiro atoms. The minimum atomic E-state index is -0.567. The second-order valence-electron chi connectivity index (χ2n) is 6.62. The number of para-hydroxylation sites is 2. The second kappa shape index (κ2) is 7.33. The first-order chi connectivity index (χ1) is 12.0. The lowest BCUT2D eigenvalue weighted by atomic mass is 10.0. The van der Waals surface area contributed by atoms with Crippen molar-refractivity contribution in [1.29, 1.82) is 0 Å². The average molecular weight is 345 g/mol.